The average Bonchev–Trinajstić information content (AvgIpc) is 2.79. The summed E-state index contributed by atoms with van der Waals surface area (Å²) in [7, 11) is 0. The van der Waals surface area contributed by atoms with Crippen LogP contribution in [0, 0.1) is 5.41 Å². The van der Waals surface area contributed by atoms with Gasteiger partial charge in [-0.25, -0.2) is 0 Å². The first-order chi connectivity index (χ1) is 12.8. The molecule has 1 aromatic carbocycles. The second kappa shape index (κ2) is 7.63. The molecule has 0 spiro atoms. The number of hydrogen-bond acceptors (Lipinski definition) is 0. The normalized spacial score (nSPS) is 20.2. The molecule has 0 amide bonds. The molecule has 0 bridgehead atoms. The number of fused-ring (bicyclic) bond motifs is 1. The van der Waals surface area contributed by atoms with E-state index in [1.165, 1.54) is 39.0 Å². The lowest BCUT2D eigenvalue weighted by Crippen LogP contribution is -2.13. The first-order valence-corrected chi connectivity index (χ1v) is 10.5. The number of benzene rings is 1. The molecule has 3 rings (SSSR count). The molecule has 27 heavy (non-hydrogen) atoms. The van der Waals surface area contributed by atoms with Crippen molar-refractivity contribution >= 4 is 34.2 Å². The second-order valence-electron chi connectivity index (χ2n) is 7.77. The summed E-state index contributed by atoms with van der Waals surface area (Å²) in [6, 6.07) is 6.61. The van der Waals surface area contributed by atoms with Crippen LogP contribution in [0.5, 0.6) is 0 Å². The molecule has 0 atom stereocenters. The van der Waals surface area contributed by atoms with Crippen molar-refractivity contribution in [2.24, 2.45) is 5.41 Å². The third-order valence-corrected chi connectivity index (χ3v) is 6.03. The predicted octanol–water partition coefficient (Wildman–Crippen LogP) is 8.00. The third-order valence-electron chi connectivity index (χ3n) is 5.72. The van der Waals surface area contributed by atoms with E-state index in [1.54, 1.807) is 0 Å². The van der Waals surface area contributed by atoms with Crippen molar-refractivity contribution in [2.75, 3.05) is 0 Å². The molecule has 0 fully saturated rings. The van der Waals surface area contributed by atoms with Crippen molar-refractivity contribution in [3.8, 4) is 0 Å². The summed E-state index contributed by atoms with van der Waals surface area (Å²) in [5.74, 6) is 0. The molecule has 0 aliphatic heterocycles. The van der Waals surface area contributed by atoms with Crippen molar-refractivity contribution in [1.82, 2.24) is 0 Å². The van der Waals surface area contributed by atoms with Gasteiger partial charge >= 0.3 is 0 Å². The molecular weight excluding hydrogens is 439 g/mol. The Morgan fingerprint density at radius 3 is 2.67 bits per heavy atom. The first kappa shape index (κ1) is 19.9. The lowest BCUT2D eigenvalue weighted by Gasteiger charge is -2.25. The molecular formula is C26H27I. The van der Waals surface area contributed by atoms with Crippen LogP contribution >= 0.6 is 22.6 Å². The highest BCUT2D eigenvalue weighted by Crippen LogP contribution is 2.51. The highest BCUT2D eigenvalue weighted by Gasteiger charge is 2.37. The van der Waals surface area contributed by atoms with Crippen LogP contribution in [0.4, 0.5) is 0 Å². The lowest BCUT2D eigenvalue weighted by atomic mass is 9.79. The summed E-state index contributed by atoms with van der Waals surface area (Å²) < 4.78 is 1.03. The molecule has 0 saturated heterocycles. The summed E-state index contributed by atoms with van der Waals surface area (Å²) in [5, 5.41) is 0. The molecule has 1 heteroatoms. The van der Waals surface area contributed by atoms with Gasteiger partial charge in [0.1, 0.15) is 0 Å². The van der Waals surface area contributed by atoms with Gasteiger partial charge in [-0.2, -0.15) is 0 Å². The fourth-order valence-corrected chi connectivity index (χ4v) is 4.50. The van der Waals surface area contributed by atoms with E-state index in [-0.39, 0.29) is 5.41 Å². The molecule has 0 radical (unpaired) electrons. The zero-order chi connectivity index (χ0) is 19.8. The van der Waals surface area contributed by atoms with Gasteiger partial charge in [0, 0.05) is 8.99 Å². The Morgan fingerprint density at radius 1 is 1.26 bits per heavy atom. The highest BCUT2D eigenvalue weighted by atomic mass is 127. The average molecular weight is 466 g/mol. The van der Waals surface area contributed by atoms with Gasteiger partial charge in [-0.3, -0.25) is 0 Å². The zero-order valence-corrected chi connectivity index (χ0v) is 18.7. The second-order valence-corrected chi connectivity index (χ2v) is 9.16. The summed E-state index contributed by atoms with van der Waals surface area (Å²) in [6.45, 7) is 19.2. The lowest BCUT2D eigenvalue weighted by molar-refractivity contribution is 0.579. The smallest absolute Gasteiger partial charge is 0.0155 e. The maximum atomic E-state index is 4.35. The van der Waals surface area contributed by atoms with E-state index in [0.29, 0.717) is 0 Å². The summed E-state index contributed by atoms with van der Waals surface area (Å²) in [5.41, 5.74) is 10.0. The van der Waals surface area contributed by atoms with E-state index in [2.05, 4.69) is 106 Å². The SMILES string of the molecule is C=C/C(=C\C1=C(C)C(=C)/C(=C\C(=C)I)C1(C)C)c1cccc2c1C=CCC2. The fourth-order valence-electron chi connectivity index (χ4n) is 4.19. The largest absolute Gasteiger partial charge is 0.0984 e. The molecule has 0 heterocycles. The Morgan fingerprint density at radius 2 is 2.00 bits per heavy atom. The highest BCUT2D eigenvalue weighted by molar-refractivity contribution is 14.1. The van der Waals surface area contributed by atoms with E-state index in [9.17, 15) is 0 Å². The van der Waals surface area contributed by atoms with Crippen LogP contribution in [0.2, 0.25) is 0 Å². The van der Waals surface area contributed by atoms with Crippen molar-refractivity contribution in [3.63, 3.8) is 0 Å². The molecule has 0 saturated carbocycles. The van der Waals surface area contributed by atoms with Crippen LogP contribution in [0.3, 0.4) is 0 Å². The maximum absolute atomic E-state index is 4.35. The molecule has 0 N–H and O–H groups in total. The van der Waals surface area contributed by atoms with E-state index in [1.807, 2.05) is 6.08 Å². The Hall–Kier alpha value is -1.87. The van der Waals surface area contributed by atoms with Gasteiger partial charge in [-0.1, -0.05) is 70.0 Å². The van der Waals surface area contributed by atoms with E-state index < -0.39 is 0 Å². The van der Waals surface area contributed by atoms with Crippen molar-refractivity contribution < 1.29 is 0 Å². The number of rotatable bonds is 4. The molecule has 2 aliphatic rings. The van der Waals surface area contributed by atoms with Crippen molar-refractivity contribution in [3.05, 3.63) is 105 Å². The van der Waals surface area contributed by atoms with Crippen LogP contribution in [0.25, 0.3) is 11.6 Å². The van der Waals surface area contributed by atoms with Crippen molar-refractivity contribution in [2.45, 2.75) is 33.6 Å². The van der Waals surface area contributed by atoms with Gasteiger partial charge < -0.3 is 0 Å². The minimum atomic E-state index is -0.103. The quantitative estimate of drug-likeness (QED) is 0.312. The first-order valence-electron chi connectivity index (χ1n) is 9.38. The Bertz CT molecular complexity index is 958. The minimum Gasteiger partial charge on any atom is -0.0984 e. The standard InChI is InChI=1S/C26H27I/c1-7-20(22-14-10-12-21-11-8-9-13-23(21)22)16-25-19(4)18(3)24(15-17(2)27)26(25,5)6/h7,9-10,12-16H,1-3,8,11H2,4-6H3/b20-16+,24-15+. The van der Waals surface area contributed by atoms with E-state index in [0.717, 1.165) is 22.0 Å². The Kier molecular flexibility index (Phi) is 5.62. The van der Waals surface area contributed by atoms with Gasteiger partial charge in [0.25, 0.3) is 0 Å². The number of aryl methyl sites for hydroxylation is 1. The third kappa shape index (κ3) is 3.62. The summed E-state index contributed by atoms with van der Waals surface area (Å²) in [4.78, 5) is 0. The van der Waals surface area contributed by atoms with Crippen LogP contribution < -0.4 is 0 Å². The minimum absolute atomic E-state index is 0.103. The summed E-state index contributed by atoms with van der Waals surface area (Å²) in [6.07, 6.45) is 13.2. The van der Waals surface area contributed by atoms with Gasteiger partial charge in [-0.05, 0) is 99.1 Å². The molecule has 2 aliphatic carbocycles. The molecule has 0 unspecified atom stereocenters. The molecule has 0 aromatic heterocycles. The van der Waals surface area contributed by atoms with E-state index >= 15 is 0 Å². The monoisotopic (exact) mass is 466 g/mol. The molecule has 1 aromatic rings. The molecule has 0 nitrogen and oxygen atoms in total. The van der Waals surface area contributed by atoms with E-state index in [4.69, 9.17) is 0 Å². The van der Waals surface area contributed by atoms with Crippen LogP contribution in [0.15, 0.2) is 88.1 Å². The van der Waals surface area contributed by atoms with Gasteiger partial charge in [0.2, 0.25) is 0 Å². The van der Waals surface area contributed by atoms with Gasteiger partial charge in [0.05, 0.1) is 0 Å². The van der Waals surface area contributed by atoms with Crippen molar-refractivity contribution in [1.29, 1.82) is 0 Å². The van der Waals surface area contributed by atoms with Crippen LogP contribution in [-0.4, -0.2) is 0 Å². The number of hydrogen-bond donors (Lipinski definition) is 0. The number of halogens is 1. The van der Waals surface area contributed by atoms with Gasteiger partial charge in [-0.15, -0.1) is 0 Å². The topological polar surface area (TPSA) is 0 Å². The maximum Gasteiger partial charge on any atom is 0.0155 e. The Labute approximate surface area is 177 Å². The molecule has 138 valence electrons. The van der Waals surface area contributed by atoms with Gasteiger partial charge in [0.15, 0.2) is 0 Å². The van der Waals surface area contributed by atoms with Crippen LogP contribution in [0.1, 0.15) is 43.9 Å². The van der Waals surface area contributed by atoms with Crippen LogP contribution in [-0.2, 0) is 6.42 Å². The number of allylic oxidation sites excluding steroid dienone is 10. The fraction of sp³-hybridized carbons (Fsp3) is 0.231. The zero-order valence-electron chi connectivity index (χ0n) is 16.5. The Balaban J connectivity index is 2.15. The predicted molar refractivity (Wildman–Crippen MR) is 129 cm³/mol. The summed E-state index contributed by atoms with van der Waals surface area (Å²) >= 11 is 2.27.